The molecule has 0 aliphatic heterocycles. The first-order valence-electron chi connectivity index (χ1n) is 6.24. The Bertz CT molecular complexity index is 475. The molecule has 6 heteroatoms. The second-order valence-corrected chi connectivity index (χ2v) is 5.62. The Morgan fingerprint density at radius 1 is 1.42 bits per heavy atom. The van der Waals surface area contributed by atoms with Crippen molar-refractivity contribution in [2.45, 2.75) is 31.8 Å². The monoisotopic (exact) mass is 301 g/mol. The van der Waals surface area contributed by atoms with Gasteiger partial charge in [0.1, 0.15) is 5.84 Å². The van der Waals surface area contributed by atoms with E-state index in [-0.39, 0.29) is 5.84 Å². The summed E-state index contributed by atoms with van der Waals surface area (Å²) < 4.78 is 0. The minimum absolute atomic E-state index is 0.257. The van der Waals surface area contributed by atoms with E-state index in [1.165, 1.54) is 12.8 Å². The van der Waals surface area contributed by atoms with Crippen LogP contribution in [0, 0.1) is 0 Å². The van der Waals surface area contributed by atoms with E-state index in [2.05, 4.69) is 10.1 Å². The van der Waals surface area contributed by atoms with Crippen molar-refractivity contribution < 1.29 is 5.21 Å². The van der Waals surface area contributed by atoms with Crippen molar-refractivity contribution >= 4 is 29.0 Å². The quantitative estimate of drug-likeness (QED) is 0.367. The number of hydrogen-bond donors (Lipinski definition) is 2. The topological polar surface area (TPSA) is 61.8 Å². The third-order valence-corrected chi connectivity index (χ3v) is 3.82. The van der Waals surface area contributed by atoms with E-state index >= 15 is 0 Å². The van der Waals surface area contributed by atoms with Crippen LogP contribution in [0.5, 0.6) is 0 Å². The number of oxime groups is 1. The minimum Gasteiger partial charge on any atom is -0.409 e. The maximum atomic E-state index is 8.57. The van der Waals surface area contributed by atoms with Crippen LogP contribution >= 0.6 is 23.2 Å². The Kier molecular flexibility index (Phi) is 4.91. The number of hydrogen-bond acceptors (Lipinski definition) is 3. The van der Waals surface area contributed by atoms with Crippen molar-refractivity contribution in [1.82, 2.24) is 4.90 Å². The second kappa shape index (κ2) is 6.46. The van der Waals surface area contributed by atoms with Crippen LogP contribution in [0.1, 0.15) is 24.8 Å². The summed E-state index contributed by atoms with van der Waals surface area (Å²) in [6.07, 6.45) is 2.95. The average Bonchev–Trinajstić information content (AvgIpc) is 3.20. The molecule has 0 radical (unpaired) electrons. The third-order valence-electron chi connectivity index (χ3n) is 3.24. The predicted molar refractivity (Wildman–Crippen MR) is 77.9 cm³/mol. The van der Waals surface area contributed by atoms with E-state index < -0.39 is 0 Å². The fraction of sp³-hybridized carbons (Fsp3) is 0.462. The zero-order chi connectivity index (χ0) is 13.8. The standard InChI is InChI=1S/C13H17Cl2N3O/c14-10-2-1-9(12(15)7-10)8-18(11-3-4-11)6-5-13(16)17-19/h1-2,7,11,19H,3-6,8H2,(H2,16,17). The number of benzene rings is 1. The zero-order valence-electron chi connectivity index (χ0n) is 10.5. The lowest BCUT2D eigenvalue weighted by Gasteiger charge is -2.22. The largest absolute Gasteiger partial charge is 0.409 e. The van der Waals surface area contributed by atoms with Crippen LogP contribution in [0.25, 0.3) is 0 Å². The third kappa shape index (κ3) is 4.27. The Morgan fingerprint density at radius 3 is 2.74 bits per heavy atom. The Morgan fingerprint density at radius 2 is 2.16 bits per heavy atom. The van der Waals surface area contributed by atoms with Gasteiger partial charge < -0.3 is 10.9 Å². The molecule has 1 saturated carbocycles. The summed E-state index contributed by atoms with van der Waals surface area (Å²) in [5, 5.41) is 12.9. The van der Waals surface area contributed by atoms with Crippen molar-refractivity contribution in [3.63, 3.8) is 0 Å². The van der Waals surface area contributed by atoms with Gasteiger partial charge in [0.15, 0.2) is 0 Å². The molecular formula is C13H17Cl2N3O. The lowest BCUT2D eigenvalue weighted by atomic mass is 10.2. The zero-order valence-corrected chi connectivity index (χ0v) is 12.0. The van der Waals surface area contributed by atoms with Crippen molar-refractivity contribution in [2.24, 2.45) is 10.9 Å². The molecule has 3 N–H and O–H groups in total. The molecule has 0 atom stereocenters. The van der Waals surface area contributed by atoms with Gasteiger partial charge >= 0.3 is 0 Å². The molecule has 0 aromatic heterocycles. The van der Waals surface area contributed by atoms with Crippen LogP contribution in [0.3, 0.4) is 0 Å². The van der Waals surface area contributed by atoms with Crippen LogP contribution in [-0.4, -0.2) is 28.5 Å². The number of rotatable bonds is 6. The molecule has 19 heavy (non-hydrogen) atoms. The minimum atomic E-state index is 0.257. The smallest absolute Gasteiger partial charge is 0.140 e. The fourth-order valence-electron chi connectivity index (χ4n) is 2.01. The lowest BCUT2D eigenvalue weighted by molar-refractivity contribution is 0.259. The van der Waals surface area contributed by atoms with Crippen LogP contribution in [0.15, 0.2) is 23.4 Å². The number of amidine groups is 1. The molecule has 0 heterocycles. The molecule has 0 unspecified atom stereocenters. The lowest BCUT2D eigenvalue weighted by Crippen LogP contribution is -2.30. The Balaban J connectivity index is 2.00. The van der Waals surface area contributed by atoms with Gasteiger partial charge in [0.2, 0.25) is 0 Å². The predicted octanol–water partition coefficient (Wildman–Crippen LogP) is 3.09. The highest BCUT2D eigenvalue weighted by Gasteiger charge is 2.29. The van der Waals surface area contributed by atoms with E-state index in [4.69, 9.17) is 34.1 Å². The summed E-state index contributed by atoms with van der Waals surface area (Å²) in [5.74, 6) is 0.257. The van der Waals surface area contributed by atoms with Gasteiger partial charge in [-0.1, -0.05) is 34.4 Å². The van der Waals surface area contributed by atoms with Crippen molar-refractivity contribution in [1.29, 1.82) is 0 Å². The van der Waals surface area contributed by atoms with Crippen LogP contribution in [0.4, 0.5) is 0 Å². The molecule has 104 valence electrons. The van der Waals surface area contributed by atoms with Gasteiger partial charge in [-0.15, -0.1) is 0 Å². The maximum Gasteiger partial charge on any atom is 0.140 e. The molecule has 1 fully saturated rings. The van der Waals surface area contributed by atoms with E-state index in [1.54, 1.807) is 6.07 Å². The van der Waals surface area contributed by atoms with Crippen LogP contribution in [-0.2, 0) is 6.54 Å². The van der Waals surface area contributed by atoms with E-state index in [0.29, 0.717) is 22.5 Å². The molecule has 1 aliphatic rings. The number of nitrogens with two attached hydrogens (primary N) is 1. The molecule has 0 spiro atoms. The van der Waals surface area contributed by atoms with Crippen molar-refractivity contribution in [2.75, 3.05) is 6.54 Å². The van der Waals surface area contributed by atoms with Gasteiger partial charge in [-0.2, -0.15) is 0 Å². The number of nitrogens with zero attached hydrogens (tertiary/aromatic N) is 2. The van der Waals surface area contributed by atoms with Gasteiger partial charge in [0.05, 0.1) is 0 Å². The van der Waals surface area contributed by atoms with Crippen LogP contribution < -0.4 is 5.73 Å². The SMILES string of the molecule is NC(CCN(Cc1ccc(Cl)cc1Cl)C1CC1)=NO. The second-order valence-electron chi connectivity index (χ2n) is 4.78. The Hall–Kier alpha value is -0.970. The molecule has 0 amide bonds. The Labute approximate surface area is 122 Å². The van der Waals surface area contributed by atoms with Gasteiger partial charge in [-0.25, -0.2) is 0 Å². The highest BCUT2D eigenvalue weighted by molar-refractivity contribution is 6.35. The molecular weight excluding hydrogens is 285 g/mol. The summed E-state index contributed by atoms with van der Waals surface area (Å²) in [6.45, 7) is 1.53. The van der Waals surface area contributed by atoms with Gasteiger partial charge in [-0.3, -0.25) is 4.90 Å². The molecule has 1 aromatic rings. The molecule has 4 nitrogen and oxygen atoms in total. The van der Waals surface area contributed by atoms with E-state index in [0.717, 1.165) is 18.7 Å². The molecule has 0 bridgehead atoms. The van der Waals surface area contributed by atoms with Gasteiger partial charge in [0, 0.05) is 35.6 Å². The van der Waals surface area contributed by atoms with E-state index in [9.17, 15) is 0 Å². The van der Waals surface area contributed by atoms with E-state index in [1.807, 2.05) is 12.1 Å². The molecule has 0 saturated heterocycles. The van der Waals surface area contributed by atoms with Gasteiger partial charge in [-0.05, 0) is 30.5 Å². The summed E-state index contributed by atoms with van der Waals surface area (Å²) in [4.78, 5) is 2.31. The fourth-order valence-corrected chi connectivity index (χ4v) is 2.48. The molecule has 2 rings (SSSR count). The van der Waals surface area contributed by atoms with Crippen molar-refractivity contribution in [3.8, 4) is 0 Å². The summed E-state index contributed by atoms with van der Waals surface area (Å²) >= 11 is 12.1. The summed E-state index contributed by atoms with van der Waals surface area (Å²) in [6, 6.07) is 6.13. The van der Waals surface area contributed by atoms with Gasteiger partial charge in [0.25, 0.3) is 0 Å². The normalized spacial score (nSPS) is 16.1. The summed E-state index contributed by atoms with van der Waals surface area (Å²) in [7, 11) is 0. The first kappa shape index (κ1) is 14.4. The highest BCUT2D eigenvalue weighted by Crippen LogP contribution is 2.30. The van der Waals surface area contributed by atoms with Crippen LogP contribution in [0.2, 0.25) is 10.0 Å². The highest BCUT2D eigenvalue weighted by atomic mass is 35.5. The molecule has 1 aromatic carbocycles. The first-order chi connectivity index (χ1) is 9.10. The van der Waals surface area contributed by atoms with Crippen molar-refractivity contribution in [3.05, 3.63) is 33.8 Å². The first-order valence-corrected chi connectivity index (χ1v) is 7.00. The maximum absolute atomic E-state index is 8.57. The number of halogens is 2. The average molecular weight is 302 g/mol. The summed E-state index contributed by atoms with van der Waals surface area (Å²) in [5.41, 5.74) is 6.57. The molecule has 1 aliphatic carbocycles.